The maximum Gasteiger partial charge on any atom is 0.407 e. The zero-order chi connectivity index (χ0) is 17.9. The van der Waals surface area contributed by atoms with Gasteiger partial charge in [-0.1, -0.05) is 60.7 Å². The SMILES string of the molecule is CC(=O)C[C@@H](COCc1ccccc1)NC(=O)OCc1ccccc1. The van der Waals surface area contributed by atoms with Gasteiger partial charge in [0.15, 0.2) is 0 Å². The molecule has 25 heavy (non-hydrogen) atoms. The van der Waals surface area contributed by atoms with E-state index in [0.717, 1.165) is 11.1 Å². The van der Waals surface area contributed by atoms with Crippen molar-refractivity contribution < 1.29 is 19.1 Å². The Hall–Kier alpha value is -2.66. The molecule has 0 aliphatic heterocycles. The highest BCUT2D eigenvalue weighted by atomic mass is 16.5. The Morgan fingerprint density at radius 2 is 1.48 bits per heavy atom. The molecule has 0 aliphatic rings. The van der Waals surface area contributed by atoms with Crippen LogP contribution in [0.1, 0.15) is 24.5 Å². The van der Waals surface area contributed by atoms with Crippen molar-refractivity contribution in [2.24, 2.45) is 0 Å². The lowest BCUT2D eigenvalue weighted by atomic mass is 10.1. The maximum absolute atomic E-state index is 11.9. The Balaban J connectivity index is 1.77. The predicted molar refractivity (Wildman–Crippen MR) is 94.9 cm³/mol. The van der Waals surface area contributed by atoms with E-state index >= 15 is 0 Å². The third kappa shape index (κ3) is 7.63. The van der Waals surface area contributed by atoms with Crippen molar-refractivity contribution in [2.45, 2.75) is 32.6 Å². The van der Waals surface area contributed by atoms with Crippen molar-refractivity contribution in [1.82, 2.24) is 5.32 Å². The number of nitrogens with one attached hydrogen (secondary N) is 1. The number of amides is 1. The van der Waals surface area contributed by atoms with Gasteiger partial charge < -0.3 is 14.8 Å². The van der Waals surface area contributed by atoms with Gasteiger partial charge in [-0.05, 0) is 18.1 Å². The third-order valence-corrected chi connectivity index (χ3v) is 3.50. The molecule has 0 radical (unpaired) electrons. The number of hydrogen-bond acceptors (Lipinski definition) is 4. The number of rotatable bonds is 9. The molecule has 0 spiro atoms. The lowest BCUT2D eigenvalue weighted by molar-refractivity contribution is -0.117. The third-order valence-electron chi connectivity index (χ3n) is 3.50. The molecule has 5 nitrogen and oxygen atoms in total. The number of hydrogen-bond donors (Lipinski definition) is 1. The van der Waals surface area contributed by atoms with Gasteiger partial charge in [-0.15, -0.1) is 0 Å². The zero-order valence-corrected chi connectivity index (χ0v) is 14.3. The van der Waals surface area contributed by atoms with Gasteiger partial charge in [-0.3, -0.25) is 4.79 Å². The Labute approximate surface area is 148 Å². The minimum absolute atomic E-state index is 0.0170. The van der Waals surface area contributed by atoms with Gasteiger partial charge in [0, 0.05) is 6.42 Å². The molecule has 5 heteroatoms. The number of ether oxygens (including phenoxy) is 2. The normalized spacial score (nSPS) is 11.6. The van der Waals surface area contributed by atoms with Crippen molar-refractivity contribution in [3.63, 3.8) is 0 Å². The highest BCUT2D eigenvalue weighted by Gasteiger charge is 2.16. The van der Waals surface area contributed by atoms with Crippen molar-refractivity contribution in [2.75, 3.05) is 6.61 Å². The van der Waals surface area contributed by atoms with Gasteiger partial charge in [0.05, 0.1) is 19.3 Å². The Morgan fingerprint density at radius 1 is 0.920 bits per heavy atom. The van der Waals surface area contributed by atoms with E-state index in [-0.39, 0.29) is 25.4 Å². The first kappa shape index (κ1) is 18.7. The van der Waals surface area contributed by atoms with Crippen molar-refractivity contribution >= 4 is 11.9 Å². The number of carbonyl (C=O) groups excluding carboxylic acids is 2. The Bertz CT molecular complexity index is 658. The summed E-state index contributed by atoms with van der Waals surface area (Å²) in [5.41, 5.74) is 1.94. The molecule has 1 N–H and O–H groups in total. The highest BCUT2D eigenvalue weighted by Crippen LogP contribution is 2.04. The Morgan fingerprint density at radius 3 is 2.04 bits per heavy atom. The molecule has 2 aromatic carbocycles. The van der Waals surface area contributed by atoms with Crippen LogP contribution in [0.2, 0.25) is 0 Å². The van der Waals surface area contributed by atoms with Gasteiger partial charge in [-0.25, -0.2) is 4.79 Å². The monoisotopic (exact) mass is 341 g/mol. The molecule has 0 unspecified atom stereocenters. The van der Waals surface area contributed by atoms with Crippen LogP contribution in [0.15, 0.2) is 60.7 Å². The summed E-state index contributed by atoms with van der Waals surface area (Å²) in [4.78, 5) is 23.3. The zero-order valence-electron chi connectivity index (χ0n) is 14.3. The first-order chi connectivity index (χ1) is 12.1. The second-order valence-electron chi connectivity index (χ2n) is 5.81. The number of carbonyl (C=O) groups is 2. The van der Waals surface area contributed by atoms with Gasteiger partial charge in [0.2, 0.25) is 0 Å². The topological polar surface area (TPSA) is 64.6 Å². The van der Waals surface area contributed by atoms with Gasteiger partial charge in [0.25, 0.3) is 0 Å². The van der Waals surface area contributed by atoms with E-state index in [1.54, 1.807) is 0 Å². The summed E-state index contributed by atoms with van der Waals surface area (Å²) < 4.78 is 10.8. The standard InChI is InChI=1S/C20H23NO4/c1-16(22)12-19(15-24-13-17-8-4-2-5-9-17)21-20(23)25-14-18-10-6-3-7-11-18/h2-11,19H,12-15H2,1H3,(H,21,23)/t19-/m0/s1. The molecular weight excluding hydrogens is 318 g/mol. The quantitative estimate of drug-likeness (QED) is 0.758. The first-order valence-electron chi connectivity index (χ1n) is 8.22. The number of benzene rings is 2. The maximum atomic E-state index is 11.9. The van der Waals surface area contributed by atoms with E-state index < -0.39 is 12.1 Å². The van der Waals surface area contributed by atoms with Crippen LogP contribution in [0.5, 0.6) is 0 Å². The van der Waals surface area contributed by atoms with E-state index in [2.05, 4.69) is 5.32 Å². The van der Waals surface area contributed by atoms with E-state index in [1.807, 2.05) is 60.7 Å². The van der Waals surface area contributed by atoms with E-state index in [9.17, 15) is 9.59 Å². The molecule has 2 aromatic rings. The lowest BCUT2D eigenvalue weighted by Gasteiger charge is -2.17. The molecule has 0 aromatic heterocycles. The van der Waals surface area contributed by atoms with Gasteiger partial charge in [0.1, 0.15) is 12.4 Å². The van der Waals surface area contributed by atoms with Crippen molar-refractivity contribution in [1.29, 1.82) is 0 Å². The molecule has 0 aliphatic carbocycles. The van der Waals surface area contributed by atoms with E-state index in [1.165, 1.54) is 6.92 Å². The van der Waals surface area contributed by atoms with Crippen LogP contribution in [0.3, 0.4) is 0 Å². The summed E-state index contributed by atoms with van der Waals surface area (Å²) in [6.45, 7) is 2.34. The summed E-state index contributed by atoms with van der Waals surface area (Å²) in [6.07, 6.45) is -0.353. The number of Topliss-reactive ketones (excluding diaryl/α,β-unsaturated/α-hetero) is 1. The predicted octanol–water partition coefficient (Wildman–Crippen LogP) is 3.48. The van der Waals surface area contributed by atoms with Gasteiger partial charge >= 0.3 is 6.09 Å². The van der Waals surface area contributed by atoms with Crippen LogP contribution in [-0.4, -0.2) is 24.5 Å². The molecule has 0 saturated carbocycles. The fraction of sp³-hybridized carbons (Fsp3) is 0.300. The van der Waals surface area contributed by atoms with Crippen LogP contribution >= 0.6 is 0 Å². The second kappa shape index (κ2) is 10.3. The average molecular weight is 341 g/mol. The molecule has 0 bridgehead atoms. The van der Waals surface area contributed by atoms with Crippen LogP contribution in [0.25, 0.3) is 0 Å². The van der Waals surface area contributed by atoms with Gasteiger partial charge in [-0.2, -0.15) is 0 Å². The van der Waals surface area contributed by atoms with Crippen molar-refractivity contribution in [3.8, 4) is 0 Å². The molecule has 132 valence electrons. The van der Waals surface area contributed by atoms with E-state index in [4.69, 9.17) is 9.47 Å². The van der Waals surface area contributed by atoms with Crippen LogP contribution < -0.4 is 5.32 Å². The number of alkyl carbamates (subject to hydrolysis) is 1. The number of ketones is 1. The fourth-order valence-electron chi connectivity index (χ4n) is 2.32. The highest BCUT2D eigenvalue weighted by molar-refractivity contribution is 5.77. The average Bonchev–Trinajstić information content (AvgIpc) is 2.61. The molecule has 0 heterocycles. The molecule has 2 rings (SSSR count). The minimum atomic E-state index is -0.557. The fourth-order valence-corrected chi connectivity index (χ4v) is 2.32. The summed E-state index contributed by atoms with van der Waals surface area (Å²) in [7, 11) is 0. The van der Waals surface area contributed by atoms with Crippen LogP contribution in [0.4, 0.5) is 4.79 Å². The minimum Gasteiger partial charge on any atom is -0.445 e. The summed E-state index contributed by atoms with van der Waals surface area (Å²) >= 11 is 0. The molecule has 0 fully saturated rings. The van der Waals surface area contributed by atoms with Crippen LogP contribution in [0, 0.1) is 0 Å². The molecule has 1 atom stereocenters. The summed E-state index contributed by atoms with van der Waals surface area (Å²) in [5.74, 6) is -0.0170. The summed E-state index contributed by atoms with van der Waals surface area (Å²) in [6, 6.07) is 18.7. The smallest absolute Gasteiger partial charge is 0.407 e. The molecular formula is C20H23NO4. The first-order valence-corrected chi connectivity index (χ1v) is 8.22. The lowest BCUT2D eigenvalue weighted by Crippen LogP contribution is -2.39. The van der Waals surface area contributed by atoms with Crippen molar-refractivity contribution in [3.05, 3.63) is 71.8 Å². The Kier molecular flexibility index (Phi) is 7.66. The van der Waals surface area contributed by atoms with E-state index in [0.29, 0.717) is 6.61 Å². The largest absolute Gasteiger partial charge is 0.445 e. The molecule has 1 amide bonds. The summed E-state index contributed by atoms with van der Waals surface area (Å²) in [5, 5.41) is 2.70. The molecule has 0 saturated heterocycles. The van der Waals surface area contributed by atoms with Crippen LogP contribution in [-0.2, 0) is 27.5 Å². The second-order valence-corrected chi connectivity index (χ2v) is 5.81.